The third-order valence-electron chi connectivity index (χ3n) is 4.25. The Morgan fingerprint density at radius 3 is 2.38 bits per heavy atom. The maximum Gasteiger partial charge on any atom is 0.498 e. The van der Waals surface area contributed by atoms with Crippen molar-refractivity contribution in [3.05, 3.63) is 36.4 Å². The molecule has 21 heavy (non-hydrogen) atoms. The van der Waals surface area contributed by atoms with Gasteiger partial charge < -0.3 is 14.0 Å². The maximum atomic E-state index is 6.13. The number of rotatable bonds is 5. The second-order valence-electron chi connectivity index (χ2n) is 6.56. The predicted molar refractivity (Wildman–Crippen MR) is 87.2 cm³/mol. The highest BCUT2D eigenvalue weighted by molar-refractivity contribution is 6.63. The van der Waals surface area contributed by atoms with Crippen LogP contribution in [-0.4, -0.2) is 24.9 Å². The molecule has 1 aliphatic heterocycles. The second-order valence-corrected chi connectivity index (χ2v) is 6.56. The molecule has 0 bridgehead atoms. The first-order valence-electron chi connectivity index (χ1n) is 7.47. The lowest BCUT2D eigenvalue weighted by atomic mass is 9.77. The summed E-state index contributed by atoms with van der Waals surface area (Å²) < 4.78 is 18.1. The summed E-state index contributed by atoms with van der Waals surface area (Å²) in [6.45, 7) is 14.6. The molecular weight excluding hydrogens is 263 g/mol. The number of ether oxygens (including phenoxy) is 1. The Morgan fingerprint density at radius 1 is 1.19 bits per heavy atom. The molecule has 1 saturated heterocycles. The zero-order valence-corrected chi connectivity index (χ0v) is 13.7. The number of aryl methyl sites for hydroxylation is 1. The van der Waals surface area contributed by atoms with Crippen molar-refractivity contribution in [2.75, 3.05) is 6.61 Å². The fourth-order valence-corrected chi connectivity index (χ4v) is 2.21. The summed E-state index contributed by atoms with van der Waals surface area (Å²) in [5.41, 5.74) is 1.42. The normalized spacial score (nSPS) is 19.6. The molecule has 0 N–H and O–H groups in total. The minimum absolute atomic E-state index is 0.347. The molecule has 0 saturated carbocycles. The van der Waals surface area contributed by atoms with Crippen LogP contribution in [0.2, 0.25) is 0 Å². The summed E-state index contributed by atoms with van der Waals surface area (Å²) in [7, 11) is -0.395. The number of hydrogen-bond donors (Lipinski definition) is 0. The monoisotopic (exact) mass is 288 g/mol. The summed E-state index contributed by atoms with van der Waals surface area (Å²) in [4.78, 5) is 0. The van der Waals surface area contributed by atoms with Crippen LogP contribution in [0.4, 0.5) is 0 Å². The average molecular weight is 288 g/mol. The molecule has 3 nitrogen and oxygen atoms in total. The molecule has 1 fully saturated rings. The van der Waals surface area contributed by atoms with E-state index in [9.17, 15) is 0 Å². The van der Waals surface area contributed by atoms with Crippen LogP contribution in [0.25, 0.3) is 0 Å². The Balaban J connectivity index is 2.26. The molecule has 4 heteroatoms. The summed E-state index contributed by atoms with van der Waals surface area (Å²) >= 11 is 0. The molecule has 0 aliphatic carbocycles. The lowest BCUT2D eigenvalue weighted by molar-refractivity contribution is 0.00578. The average Bonchev–Trinajstić information content (AvgIpc) is 2.60. The molecule has 1 aromatic carbocycles. The van der Waals surface area contributed by atoms with Crippen LogP contribution in [0.5, 0.6) is 5.75 Å². The standard InChI is InChI=1S/C17H25BO3/c1-7-8-11-19-15-10-9-13(2)12-14(15)18-20-16(3,4)17(5,6)21-18/h7,9-10,12H,1,8,11H2,2-6H3. The molecular formula is C17H25BO3. The van der Waals surface area contributed by atoms with Gasteiger partial charge in [-0.05, 0) is 47.1 Å². The van der Waals surface area contributed by atoms with Gasteiger partial charge in [-0.3, -0.25) is 0 Å². The Hall–Kier alpha value is -1.26. The third-order valence-corrected chi connectivity index (χ3v) is 4.25. The minimum Gasteiger partial charge on any atom is -0.494 e. The van der Waals surface area contributed by atoms with Gasteiger partial charge in [0.1, 0.15) is 5.75 Å². The van der Waals surface area contributed by atoms with Crippen molar-refractivity contribution in [1.29, 1.82) is 0 Å². The van der Waals surface area contributed by atoms with Crippen molar-refractivity contribution < 1.29 is 14.0 Å². The molecule has 0 spiro atoms. The Bertz CT molecular complexity index is 507. The summed E-state index contributed by atoms with van der Waals surface area (Å²) in [6, 6.07) is 6.10. The van der Waals surface area contributed by atoms with E-state index in [0.717, 1.165) is 23.2 Å². The van der Waals surface area contributed by atoms with Gasteiger partial charge in [0.05, 0.1) is 17.8 Å². The largest absolute Gasteiger partial charge is 0.498 e. The lowest BCUT2D eigenvalue weighted by Gasteiger charge is -2.32. The highest BCUT2D eigenvalue weighted by Crippen LogP contribution is 2.37. The van der Waals surface area contributed by atoms with Gasteiger partial charge in [-0.1, -0.05) is 23.8 Å². The quantitative estimate of drug-likeness (QED) is 0.473. The predicted octanol–water partition coefficient (Wildman–Crippen LogP) is 3.25. The first-order chi connectivity index (χ1) is 9.77. The zero-order chi connectivity index (χ0) is 15.7. The highest BCUT2D eigenvalue weighted by atomic mass is 16.7. The van der Waals surface area contributed by atoms with Crippen molar-refractivity contribution in [3.8, 4) is 5.75 Å². The van der Waals surface area contributed by atoms with Gasteiger partial charge in [0.15, 0.2) is 0 Å². The number of benzene rings is 1. The summed E-state index contributed by atoms with van der Waals surface area (Å²) in [5, 5.41) is 0. The fourth-order valence-electron chi connectivity index (χ4n) is 2.21. The van der Waals surface area contributed by atoms with E-state index in [4.69, 9.17) is 14.0 Å². The van der Waals surface area contributed by atoms with Crippen LogP contribution < -0.4 is 10.2 Å². The molecule has 1 heterocycles. The molecule has 0 amide bonds. The molecule has 0 unspecified atom stereocenters. The Kier molecular flexibility index (Phi) is 4.50. The van der Waals surface area contributed by atoms with E-state index in [-0.39, 0.29) is 11.2 Å². The molecule has 0 aromatic heterocycles. The van der Waals surface area contributed by atoms with Crippen molar-refractivity contribution in [2.24, 2.45) is 0 Å². The zero-order valence-electron chi connectivity index (χ0n) is 13.7. The van der Waals surface area contributed by atoms with Gasteiger partial charge in [0, 0.05) is 5.46 Å². The molecule has 0 radical (unpaired) electrons. The third kappa shape index (κ3) is 3.33. The van der Waals surface area contributed by atoms with E-state index in [2.05, 4.69) is 47.3 Å². The molecule has 1 aliphatic rings. The Labute approximate surface area is 128 Å². The SMILES string of the molecule is C=CCCOc1ccc(C)cc1B1OC(C)(C)C(C)(C)O1. The summed E-state index contributed by atoms with van der Waals surface area (Å²) in [5.74, 6) is 0.820. The van der Waals surface area contributed by atoms with Gasteiger partial charge in [0.25, 0.3) is 0 Å². The van der Waals surface area contributed by atoms with Gasteiger partial charge in [-0.25, -0.2) is 0 Å². The van der Waals surface area contributed by atoms with Crippen molar-refractivity contribution in [1.82, 2.24) is 0 Å². The van der Waals surface area contributed by atoms with Gasteiger partial charge in [0.2, 0.25) is 0 Å². The van der Waals surface area contributed by atoms with E-state index in [1.54, 1.807) is 0 Å². The Morgan fingerprint density at radius 2 is 1.81 bits per heavy atom. The maximum absolute atomic E-state index is 6.13. The van der Waals surface area contributed by atoms with Gasteiger partial charge in [-0.2, -0.15) is 0 Å². The topological polar surface area (TPSA) is 27.7 Å². The van der Waals surface area contributed by atoms with Gasteiger partial charge >= 0.3 is 7.12 Å². The second kappa shape index (κ2) is 5.86. The minimum atomic E-state index is -0.395. The van der Waals surface area contributed by atoms with Crippen LogP contribution in [0.15, 0.2) is 30.9 Å². The first-order valence-corrected chi connectivity index (χ1v) is 7.47. The van der Waals surface area contributed by atoms with Crippen molar-refractivity contribution >= 4 is 12.6 Å². The van der Waals surface area contributed by atoms with Crippen molar-refractivity contribution in [3.63, 3.8) is 0 Å². The van der Waals surface area contributed by atoms with Gasteiger partial charge in [-0.15, -0.1) is 6.58 Å². The van der Waals surface area contributed by atoms with E-state index < -0.39 is 7.12 Å². The molecule has 2 rings (SSSR count). The van der Waals surface area contributed by atoms with E-state index in [1.165, 1.54) is 0 Å². The summed E-state index contributed by atoms with van der Waals surface area (Å²) in [6.07, 6.45) is 2.67. The van der Waals surface area contributed by atoms with Crippen LogP contribution in [-0.2, 0) is 9.31 Å². The molecule has 114 valence electrons. The van der Waals surface area contributed by atoms with Crippen molar-refractivity contribution in [2.45, 2.75) is 52.2 Å². The van der Waals surface area contributed by atoms with Crippen LogP contribution in [0, 0.1) is 6.92 Å². The van der Waals surface area contributed by atoms with E-state index in [0.29, 0.717) is 6.61 Å². The van der Waals surface area contributed by atoms with E-state index in [1.807, 2.05) is 18.2 Å². The lowest BCUT2D eigenvalue weighted by Crippen LogP contribution is -2.41. The molecule has 1 aromatic rings. The van der Waals surface area contributed by atoms with Crippen LogP contribution in [0.1, 0.15) is 39.7 Å². The smallest absolute Gasteiger partial charge is 0.494 e. The van der Waals surface area contributed by atoms with Crippen LogP contribution >= 0.6 is 0 Å². The first kappa shape index (κ1) is 16.1. The number of hydrogen-bond acceptors (Lipinski definition) is 3. The van der Waals surface area contributed by atoms with Crippen LogP contribution in [0.3, 0.4) is 0 Å². The highest BCUT2D eigenvalue weighted by Gasteiger charge is 2.52. The van der Waals surface area contributed by atoms with E-state index >= 15 is 0 Å². The molecule has 0 atom stereocenters. The fraction of sp³-hybridized carbons (Fsp3) is 0.529.